The molecule has 25 heavy (non-hydrogen) atoms. The minimum atomic E-state index is -0.318. The fraction of sp³-hybridized carbons (Fsp3) is 0.667. The van der Waals surface area contributed by atoms with E-state index in [9.17, 15) is 4.79 Å². The molecule has 140 valence electrons. The zero-order valence-electron chi connectivity index (χ0n) is 16.0. The molecule has 4 nitrogen and oxygen atoms in total. The zero-order chi connectivity index (χ0) is 18.1. The molecule has 1 heterocycles. The number of piperidine rings is 1. The first-order chi connectivity index (χ1) is 12.0. The van der Waals surface area contributed by atoms with Crippen LogP contribution in [0.5, 0.6) is 0 Å². The highest BCUT2D eigenvalue weighted by Crippen LogP contribution is 2.40. The Morgan fingerprint density at radius 3 is 2.44 bits per heavy atom. The highest BCUT2D eigenvalue weighted by molar-refractivity contribution is 5.37. The third kappa shape index (κ3) is 8.02. The maximum atomic E-state index is 9.60. The molecule has 4 heteroatoms. The summed E-state index contributed by atoms with van der Waals surface area (Å²) >= 11 is 0. The van der Waals surface area contributed by atoms with Crippen LogP contribution in [0.25, 0.3) is 0 Å². The van der Waals surface area contributed by atoms with Gasteiger partial charge in [-0.15, -0.1) is 0 Å². The lowest BCUT2D eigenvalue weighted by Crippen LogP contribution is -2.30. The van der Waals surface area contributed by atoms with E-state index in [-0.39, 0.29) is 5.60 Å². The number of carbonyl (C=O) groups excluding carboxylic acids is 1. The van der Waals surface area contributed by atoms with Gasteiger partial charge in [-0.25, -0.2) is 0 Å². The first-order valence-electron chi connectivity index (χ1n) is 9.60. The van der Waals surface area contributed by atoms with Gasteiger partial charge in [-0.3, -0.25) is 4.79 Å². The van der Waals surface area contributed by atoms with E-state index in [0.29, 0.717) is 6.47 Å². The molecule has 0 radical (unpaired) electrons. The van der Waals surface area contributed by atoms with E-state index in [2.05, 4.69) is 45.7 Å². The van der Waals surface area contributed by atoms with Crippen molar-refractivity contribution in [3.8, 4) is 0 Å². The van der Waals surface area contributed by atoms with Gasteiger partial charge in [0.25, 0.3) is 6.47 Å². The predicted octanol–water partition coefficient (Wildman–Crippen LogP) is 3.48. The second kappa shape index (κ2) is 9.93. The molecule has 2 atom stereocenters. The van der Waals surface area contributed by atoms with Gasteiger partial charge in [0.15, 0.2) is 0 Å². The van der Waals surface area contributed by atoms with Crippen LogP contribution < -0.4 is 10.6 Å². The molecule has 1 aromatic carbocycles. The molecular formula is C21H34N2O2. The summed E-state index contributed by atoms with van der Waals surface area (Å²) in [5.41, 5.74) is 1.19. The lowest BCUT2D eigenvalue weighted by atomic mass is 9.95. The number of benzene rings is 1. The minimum Gasteiger partial charge on any atom is -0.462 e. The van der Waals surface area contributed by atoms with Crippen molar-refractivity contribution in [2.75, 3.05) is 19.6 Å². The van der Waals surface area contributed by atoms with Gasteiger partial charge in [0.05, 0.1) is 0 Å². The molecule has 1 saturated carbocycles. The summed E-state index contributed by atoms with van der Waals surface area (Å²) in [7, 11) is 0. The Kier molecular flexibility index (Phi) is 7.91. The van der Waals surface area contributed by atoms with Crippen molar-refractivity contribution < 1.29 is 9.53 Å². The van der Waals surface area contributed by atoms with E-state index in [4.69, 9.17) is 0 Å². The van der Waals surface area contributed by atoms with Gasteiger partial charge in [0, 0.05) is 12.0 Å². The molecular weight excluding hydrogens is 312 g/mol. The van der Waals surface area contributed by atoms with Gasteiger partial charge in [-0.05, 0) is 77.6 Å². The lowest BCUT2D eigenvalue weighted by molar-refractivity contribution is -0.138. The standard InChI is InChI=1S/C16H24N2.C5H10O2/c1-2-4-14(5-3-1)15-12-16(15)18-11-8-13-6-9-17-10-7-13;1-5(2,3)7-4-6/h1-5,13,15-18H,6-12H2;4H,1-3H3/t15-,16+;/m0./s1. The molecule has 2 fully saturated rings. The number of hydrogen-bond donors (Lipinski definition) is 2. The molecule has 0 bridgehead atoms. The van der Waals surface area contributed by atoms with Crippen LogP contribution in [0.4, 0.5) is 0 Å². The summed E-state index contributed by atoms with van der Waals surface area (Å²) in [5, 5.41) is 7.17. The summed E-state index contributed by atoms with van der Waals surface area (Å²) in [5.74, 6) is 1.73. The number of carbonyl (C=O) groups is 1. The zero-order valence-corrected chi connectivity index (χ0v) is 16.0. The van der Waals surface area contributed by atoms with Gasteiger partial charge in [-0.2, -0.15) is 0 Å². The molecule has 2 aliphatic rings. The molecule has 0 amide bonds. The van der Waals surface area contributed by atoms with Crippen LogP contribution in [0.15, 0.2) is 30.3 Å². The first kappa shape index (κ1) is 19.9. The average Bonchev–Trinajstić information content (AvgIpc) is 3.36. The van der Waals surface area contributed by atoms with Crippen molar-refractivity contribution in [2.24, 2.45) is 5.92 Å². The second-order valence-corrected chi connectivity index (χ2v) is 8.12. The second-order valence-electron chi connectivity index (χ2n) is 8.12. The summed E-state index contributed by atoms with van der Waals surface area (Å²) in [6, 6.07) is 11.7. The lowest BCUT2D eigenvalue weighted by Gasteiger charge is -2.22. The molecule has 0 aromatic heterocycles. The van der Waals surface area contributed by atoms with E-state index in [1.54, 1.807) is 0 Å². The van der Waals surface area contributed by atoms with Crippen LogP contribution >= 0.6 is 0 Å². The Bertz CT molecular complexity index is 492. The highest BCUT2D eigenvalue weighted by Gasteiger charge is 2.37. The summed E-state index contributed by atoms with van der Waals surface area (Å²) in [6.45, 7) is 9.57. The monoisotopic (exact) mass is 346 g/mol. The molecule has 2 N–H and O–H groups in total. The molecule has 0 unspecified atom stereocenters. The van der Waals surface area contributed by atoms with Crippen molar-refractivity contribution in [2.45, 2.75) is 64.0 Å². The van der Waals surface area contributed by atoms with Crippen molar-refractivity contribution >= 4 is 6.47 Å². The summed E-state index contributed by atoms with van der Waals surface area (Å²) < 4.78 is 4.55. The van der Waals surface area contributed by atoms with E-state index < -0.39 is 0 Å². The van der Waals surface area contributed by atoms with Crippen LogP contribution in [-0.4, -0.2) is 37.7 Å². The van der Waals surface area contributed by atoms with Gasteiger partial charge in [0.1, 0.15) is 5.60 Å². The predicted molar refractivity (Wildman–Crippen MR) is 103 cm³/mol. The topological polar surface area (TPSA) is 50.4 Å². The van der Waals surface area contributed by atoms with E-state index in [1.165, 1.54) is 50.9 Å². The van der Waals surface area contributed by atoms with Crippen molar-refractivity contribution in [3.63, 3.8) is 0 Å². The van der Waals surface area contributed by atoms with Crippen LogP contribution in [-0.2, 0) is 9.53 Å². The van der Waals surface area contributed by atoms with Gasteiger partial charge < -0.3 is 15.4 Å². The quantitative estimate of drug-likeness (QED) is 0.774. The fourth-order valence-corrected chi connectivity index (χ4v) is 3.28. The Labute approximate surface area is 152 Å². The maximum absolute atomic E-state index is 9.60. The normalized spacial score (nSPS) is 23.3. The van der Waals surface area contributed by atoms with E-state index in [1.807, 2.05) is 20.8 Å². The third-order valence-corrected chi connectivity index (χ3v) is 4.84. The van der Waals surface area contributed by atoms with Crippen molar-refractivity contribution in [3.05, 3.63) is 35.9 Å². The largest absolute Gasteiger partial charge is 0.462 e. The number of rotatable bonds is 6. The number of ether oxygens (including phenoxy) is 1. The smallest absolute Gasteiger partial charge is 0.293 e. The average molecular weight is 347 g/mol. The van der Waals surface area contributed by atoms with Crippen LogP contribution in [0.2, 0.25) is 0 Å². The van der Waals surface area contributed by atoms with E-state index >= 15 is 0 Å². The summed E-state index contributed by atoms with van der Waals surface area (Å²) in [4.78, 5) is 9.60. The van der Waals surface area contributed by atoms with Crippen LogP contribution in [0, 0.1) is 5.92 Å². The number of hydrogen-bond acceptors (Lipinski definition) is 4. The highest BCUT2D eigenvalue weighted by atomic mass is 16.5. The molecule has 3 rings (SSSR count). The Morgan fingerprint density at radius 2 is 1.88 bits per heavy atom. The molecule has 1 saturated heterocycles. The Balaban J connectivity index is 0.000000277. The minimum absolute atomic E-state index is 0.318. The van der Waals surface area contributed by atoms with E-state index in [0.717, 1.165) is 17.9 Å². The summed E-state index contributed by atoms with van der Waals surface area (Å²) in [6.07, 6.45) is 5.43. The fourth-order valence-electron chi connectivity index (χ4n) is 3.28. The van der Waals surface area contributed by atoms with Crippen LogP contribution in [0.1, 0.15) is 57.9 Å². The van der Waals surface area contributed by atoms with Gasteiger partial charge in [-0.1, -0.05) is 30.3 Å². The van der Waals surface area contributed by atoms with Gasteiger partial charge >= 0.3 is 0 Å². The Morgan fingerprint density at radius 1 is 1.20 bits per heavy atom. The molecule has 1 aromatic rings. The molecule has 0 spiro atoms. The third-order valence-electron chi connectivity index (χ3n) is 4.84. The molecule has 1 aliphatic heterocycles. The van der Waals surface area contributed by atoms with Gasteiger partial charge in [0.2, 0.25) is 0 Å². The maximum Gasteiger partial charge on any atom is 0.293 e. The molecule has 1 aliphatic carbocycles. The van der Waals surface area contributed by atoms with Crippen LogP contribution in [0.3, 0.4) is 0 Å². The SMILES string of the molecule is CC(C)(C)OC=O.c1ccc([C@@H]2C[C@H]2NCCC2CCNCC2)cc1. The first-order valence-corrected chi connectivity index (χ1v) is 9.60. The Hall–Kier alpha value is -1.39. The van der Waals surface area contributed by atoms with Crippen molar-refractivity contribution in [1.82, 2.24) is 10.6 Å². The number of nitrogens with one attached hydrogen (secondary N) is 2. The van der Waals surface area contributed by atoms with Crippen molar-refractivity contribution in [1.29, 1.82) is 0 Å².